The van der Waals surface area contributed by atoms with E-state index in [0.717, 1.165) is 19.3 Å². The summed E-state index contributed by atoms with van der Waals surface area (Å²) >= 11 is 0.0517. The molecule has 2 saturated carbocycles. The normalized spacial score (nSPS) is 47.0. The van der Waals surface area contributed by atoms with Crippen molar-refractivity contribution in [1.82, 2.24) is 3.53 Å². The maximum absolute atomic E-state index is 12.1. The van der Waals surface area contributed by atoms with E-state index in [1.165, 1.54) is 0 Å². The zero-order valence-electron chi connectivity index (χ0n) is 11.4. The summed E-state index contributed by atoms with van der Waals surface area (Å²) in [5.74, 6) is 0.854. The first kappa shape index (κ1) is 13.3. The SMILES string of the molecule is CC(C(=O)OC1CC2CC1CC21COC(=O)C1)C1N[I-]1. The number of esters is 2. The molecule has 0 aromatic carbocycles. The van der Waals surface area contributed by atoms with Crippen molar-refractivity contribution in [2.45, 2.75) is 42.8 Å². The van der Waals surface area contributed by atoms with Gasteiger partial charge >= 0.3 is 129 Å². The van der Waals surface area contributed by atoms with Gasteiger partial charge in [-0.15, -0.1) is 0 Å². The molecule has 0 amide bonds. The first-order chi connectivity index (χ1) is 9.57. The molecular weight excluding hydrogens is 373 g/mol. The van der Waals surface area contributed by atoms with Crippen molar-refractivity contribution >= 4 is 11.9 Å². The van der Waals surface area contributed by atoms with Gasteiger partial charge in [-0.25, -0.2) is 0 Å². The monoisotopic (exact) mass is 392 g/mol. The number of halogens is 1. The van der Waals surface area contributed by atoms with Gasteiger partial charge in [0.05, 0.1) is 0 Å². The summed E-state index contributed by atoms with van der Waals surface area (Å²) < 4.78 is 14.6. The molecule has 6 heteroatoms. The zero-order valence-corrected chi connectivity index (χ0v) is 13.6. The van der Waals surface area contributed by atoms with E-state index in [4.69, 9.17) is 9.47 Å². The van der Waals surface area contributed by atoms with Crippen LogP contribution in [-0.2, 0) is 19.1 Å². The Labute approximate surface area is 128 Å². The van der Waals surface area contributed by atoms with Gasteiger partial charge in [0, 0.05) is 0 Å². The third-order valence-corrected chi connectivity index (χ3v) is 7.92. The van der Waals surface area contributed by atoms with E-state index in [1.807, 2.05) is 6.92 Å². The van der Waals surface area contributed by atoms with Crippen molar-refractivity contribution in [2.75, 3.05) is 6.61 Å². The molecule has 4 rings (SSSR count). The second-order valence-electron chi connectivity index (χ2n) is 6.72. The van der Waals surface area contributed by atoms with Crippen molar-refractivity contribution in [2.24, 2.45) is 23.2 Å². The van der Waals surface area contributed by atoms with Gasteiger partial charge in [-0.3, -0.25) is 0 Å². The zero-order chi connectivity index (χ0) is 13.9. The minimum absolute atomic E-state index is 0.00674. The van der Waals surface area contributed by atoms with Crippen LogP contribution in [0.4, 0.5) is 0 Å². The van der Waals surface area contributed by atoms with E-state index in [1.54, 1.807) is 0 Å². The van der Waals surface area contributed by atoms with E-state index < -0.39 is 0 Å². The van der Waals surface area contributed by atoms with Crippen LogP contribution in [0.5, 0.6) is 0 Å². The van der Waals surface area contributed by atoms with E-state index in [-0.39, 0.29) is 50.9 Å². The van der Waals surface area contributed by atoms with Crippen molar-refractivity contribution in [3.05, 3.63) is 0 Å². The molecule has 2 saturated heterocycles. The fourth-order valence-corrected chi connectivity index (χ4v) is 5.82. The average molecular weight is 392 g/mol. The summed E-state index contributed by atoms with van der Waals surface area (Å²) in [5, 5.41) is 0. The quantitative estimate of drug-likeness (QED) is 0.148. The molecule has 1 spiro atoms. The number of fused-ring (bicyclic) bond motifs is 3. The number of carbonyl (C=O) groups excluding carboxylic acids is 2. The van der Waals surface area contributed by atoms with Crippen LogP contribution in [0.15, 0.2) is 0 Å². The van der Waals surface area contributed by atoms with Crippen LogP contribution >= 0.6 is 0 Å². The van der Waals surface area contributed by atoms with Gasteiger partial charge in [0.25, 0.3) is 0 Å². The molecular formula is C14H19INO4-. The maximum atomic E-state index is 12.1. The molecule has 112 valence electrons. The summed E-state index contributed by atoms with van der Waals surface area (Å²) in [4.78, 5) is 23.5. The van der Waals surface area contributed by atoms with Gasteiger partial charge in [-0.2, -0.15) is 0 Å². The second-order valence-corrected chi connectivity index (χ2v) is 9.30. The Kier molecular flexibility index (Phi) is 3.03. The van der Waals surface area contributed by atoms with Gasteiger partial charge in [0.15, 0.2) is 0 Å². The molecule has 0 aromatic heterocycles. The third-order valence-electron chi connectivity index (χ3n) is 5.50. The number of rotatable bonds is 3. The Morgan fingerprint density at radius 1 is 1.55 bits per heavy atom. The van der Waals surface area contributed by atoms with Gasteiger partial charge in [0.2, 0.25) is 0 Å². The van der Waals surface area contributed by atoms with Crippen LogP contribution in [0.2, 0.25) is 0 Å². The van der Waals surface area contributed by atoms with Crippen LogP contribution < -0.4 is 25.0 Å². The Bertz CT molecular complexity index is 466. The molecule has 20 heavy (non-hydrogen) atoms. The molecule has 0 radical (unpaired) electrons. The summed E-state index contributed by atoms with van der Waals surface area (Å²) in [7, 11) is 0. The fraction of sp³-hybridized carbons (Fsp3) is 0.857. The Balaban J connectivity index is 1.38. The van der Waals surface area contributed by atoms with Gasteiger partial charge in [-0.05, 0) is 0 Å². The molecule has 1 N–H and O–H groups in total. The predicted molar refractivity (Wildman–Crippen MR) is 64.8 cm³/mol. The van der Waals surface area contributed by atoms with Crippen LogP contribution in [0.1, 0.15) is 32.6 Å². The molecule has 2 aliphatic heterocycles. The molecule has 2 bridgehead atoms. The van der Waals surface area contributed by atoms with Gasteiger partial charge in [-0.1, -0.05) is 0 Å². The second kappa shape index (κ2) is 4.56. The van der Waals surface area contributed by atoms with Crippen LogP contribution in [0, 0.1) is 23.2 Å². The fourth-order valence-electron chi connectivity index (χ4n) is 4.24. The van der Waals surface area contributed by atoms with E-state index in [9.17, 15) is 9.59 Å². The molecule has 4 fully saturated rings. The van der Waals surface area contributed by atoms with Crippen LogP contribution in [-0.4, -0.2) is 28.7 Å². The number of cyclic esters (lactones) is 1. The summed E-state index contributed by atoms with van der Waals surface area (Å²) in [5.41, 5.74) is 0.0692. The molecule has 0 aromatic rings. The molecule has 6 unspecified atom stereocenters. The molecule has 2 heterocycles. The molecule has 6 atom stereocenters. The summed E-state index contributed by atoms with van der Waals surface area (Å²) in [6, 6.07) is 0. The van der Waals surface area contributed by atoms with E-state index in [0.29, 0.717) is 28.9 Å². The number of ether oxygens (including phenoxy) is 2. The van der Waals surface area contributed by atoms with Crippen molar-refractivity contribution in [3.63, 3.8) is 0 Å². The van der Waals surface area contributed by atoms with E-state index >= 15 is 0 Å². The first-order valence-electron chi connectivity index (χ1n) is 7.31. The topological polar surface area (TPSA) is 74.5 Å². The van der Waals surface area contributed by atoms with E-state index in [2.05, 4.69) is 3.53 Å². The molecule has 5 nitrogen and oxygen atoms in total. The van der Waals surface area contributed by atoms with Crippen molar-refractivity contribution in [3.8, 4) is 0 Å². The average Bonchev–Trinajstić information content (AvgIpc) is 2.99. The van der Waals surface area contributed by atoms with Crippen molar-refractivity contribution in [1.29, 1.82) is 0 Å². The Morgan fingerprint density at radius 3 is 2.90 bits per heavy atom. The van der Waals surface area contributed by atoms with Gasteiger partial charge < -0.3 is 0 Å². The standard InChI is InChI=1S/C14H19INO4/c1-7(12-15-16-12)13(18)20-10-3-9-2-8(10)4-14(9)5-11(17)19-6-14/h7-10,12,16H,2-6H2,1H3/q-1. The third kappa shape index (κ3) is 2.06. The summed E-state index contributed by atoms with van der Waals surface area (Å²) in [6.07, 6.45) is 3.66. The number of hydrogen-bond donors (Lipinski definition) is 1. The van der Waals surface area contributed by atoms with Gasteiger partial charge in [0.1, 0.15) is 0 Å². The Hall–Kier alpha value is -0.370. The molecule has 4 aliphatic rings. The Morgan fingerprint density at radius 2 is 2.35 bits per heavy atom. The summed E-state index contributed by atoms with van der Waals surface area (Å²) in [6.45, 7) is 2.55. The predicted octanol–water partition coefficient (Wildman–Crippen LogP) is -2.17. The van der Waals surface area contributed by atoms with Crippen LogP contribution in [0.3, 0.4) is 0 Å². The van der Waals surface area contributed by atoms with Crippen molar-refractivity contribution < 1.29 is 40.5 Å². The first-order valence-corrected chi connectivity index (χ1v) is 9.64. The number of hydrogen-bond acceptors (Lipinski definition) is 5. The number of carbonyl (C=O) groups is 2. The number of alkyl halides is 1. The minimum atomic E-state index is -0.0524. The number of nitrogens with one attached hydrogen (secondary N) is 1. The molecule has 2 aliphatic carbocycles. The van der Waals surface area contributed by atoms with Crippen LogP contribution in [0.25, 0.3) is 0 Å².